The Balaban J connectivity index is 2.10. The zero-order chi connectivity index (χ0) is 14.0. The van der Waals surface area contributed by atoms with Crippen molar-refractivity contribution >= 4 is 34.0 Å². The van der Waals surface area contributed by atoms with Crippen molar-refractivity contribution in [1.82, 2.24) is 9.38 Å². The maximum Gasteiger partial charge on any atom is 0.321 e. The Labute approximate surface area is 117 Å². The highest BCUT2D eigenvalue weighted by molar-refractivity contribution is 7.98. The third-order valence-corrected chi connectivity index (χ3v) is 4.53. The molecular formula is C11H13N3O3S2. The van der Waals surface area contributed by atoms with Gasteiger partial charge in [-0.25, -0.2) is 4.98 Å². The Kier molecular flexibility index (Phi) is 4.23. The fraction of sp³-hybridized carbons (Fsp3) is 0.364. The molecule has 0 aliphatic rings. The molecule has 0 saturated carbocycles. The van der Waals surface area contributed by atoms with Crippen LogP contribution in [0.4, 0.5) is 0 Å². The molecule has 2 aromatic heterocycles. The topological polar surface area (TPSA) is 97.7 Å². The first-order valence-electron chi connectivity index (χ1n) is 5.52. The summed E-state index contributed by atoms with van der Waals surface area (Å²) in [5.74, 6) is -0.256. The van der Waals surface area contributed by atoms with E-state index < -0.39 is 12.0 Å². The van der Waals surface area contributed by atoms with Crippen molar-refractivity contribution < 1.29 is 9.90 Å². The fourth-order valence-corrected chi connectivity index (χ4v) is 3.30. The number of carboxylic acid groups (broad SMARTS) is 1. The van der Waals surface area contributed by atoms with Crippen LogP contribution in [0.2, 0.25) is 0 Å². The van der Waals surface area contributed by atoms with E-state index in [-0.39, 0.29) is 5.56 Å². The molecule has 3 N–H and O–H groups in total. The van der Waals surface area contributed by atoms with E-state index in [0.717, 1.165) is 5.69 Å². The predicted octanol–water partition coefficient (Wildman–Crippen LogP) is 0.710. The summed E-state index contributed by atoms with van der Waals surface area (Å²) in [6, 6.07) is 0.588. The van der Waals surface area contributed by atoms with Crippen molar-refractivity contribution in [1.29, 1.82) is 0 Å². The van der Waals surface area contributed by atoms with E-state index in [9.17, 15) is 9.59 Å². The average Bonchev–Trinajstić information content (AvgIpc) is 2.71. The maximum atomic E-state index is 11.9. The summed E-state index contributed by atoms with van der Waals surface area (Å²) < 4.78 is 1.56. The molecule has 1 atom stereocenters. The summed E-state index contributed by atoms with van der Waals surface area (Å²) >= 11 is 2.77. The average molecular weight is 299 g/mol. The largest absolute Gasteiger partial charge is 0.480 e. The molecule has 0 aromatic carbocycles. The minimum Gasteiger partial charge on any atom is -0.480 e. The van der Waals surface area contributed by atoms with Crippen molar-refractivity contribution in [2.24, 2.45) is 5.73 Å². The monoisotopic (exact) mass is 299 g/mol. The van der Waals surface area contributed by atoms with E-state index in [1.54, 1.807) is 4.40 Å². The van der Waals surface area contributed by atoms with Gasteiger partial charge in [-0.15, -0.1) is 11.3 Å². The first-order valence-corrected chi connectivity index (χ1v) is 7.55. The third-order valence-electron chi connectivity index (χ3n) is 2.49. The Morgan fingerprint density at radius 1 is 1.68 bits per heavy atom. The molecule has 2 aromatic rings. The van der Waals surface area contributed by atoms with E-state index in [4.69, 9.17) is 10.8 Å². The molecule has 0 saturated heterocycles. The van der Waals surface area contributed by atoms with Crippen LogP contribution in [0, 0.1) is 6.92 Å². The van der Waals surface area contributed by atoms with Gasteiger partial charge >= 0.3 is 5.97 Å². The van der Waals surface area contributed by atoms with Gasteiger partial charge in [-0.05, 0) is 6.92 Å². The zero-order valence-electron chi connectivity index (χ0n) is 10.2. The molecular weight excluding hydrogens is 286 g/mol. The van der Waals surface area contributed by atoms with Gasteiger partial charge < -0.3 is 10.8 Å². The number of aliphatic carboxylic acids is 1. The van der Waals surface area contributed by atoms with Crippen LogP contribution in [-0.4, -0.2) is 32.3 Å². The number of nitrogens with zero attached hydrogens (tertiary/aromatic N) is 2. The van der Waals surface area contributed by atoms with Crippen LogP contribution < -0.4 is 11.3 Å². The van der Waals surface area contributed by atoms with E-state index in [2.05, 4.69) is 4.98 Å². The van der Waals surface area contributed by atoms with Crippen LogP contribution >= 0.6 is 23.1 Å². The number of fused-ring (bicyclic) bond motifs is 1. The van der Waals surface area contributed by atoms with E-state index in [0.29, 0.717) is 22.2 Å². The number of rotatable bonds is 5. The van der Waals surface area contributed by atoms with Crippen LogP contribution in [0.1, 0.15) is 11.4 Å². The van der Waals surface area contributed by atoms with Crippen LogP contribution in [-0.2, 0) is 10.5 Å². The van der Waals surface area contributed by atoms with Crippen molar-refractivity contribution in [2.75, 3.05) is 5.75 Å². The lowest BCUT2D eigenvalue weighted by Crippen LogP contribution is -2.32. The van der Waals surface area contributed by atoms with E-state index >= 15 is 0 Å². The summed E-state index contributed by atoms with van der Waals surface area (Å²) in [7, 11) is 0. The Morgan fingerprint density at radius 2 is 2.42 bits per heavy atom. The molecule has 0 fully saturated rings. The minimum absolute atomic E-state index is 0.109. The first kappa shape index (κ1) is 14.0. The van der Waals surface area contributed by atoms with Crippen LogP contribution in [0.3, 0.4) is 0 Å². The SMILES string of the molecule is Cc1csc2nc(CSC[C@@H](N)C(=O)O)cc(=O)n12. The number of thioether (sulfide) groups is 1. The summed E-state index contributed by atoms with van der Waals surface area (Å²) in [5.41, 5.74) is 6.80. The minimum atomic E-state index is -1.02. The van der Waals surface area contributed by atoms with Crippen molar-refractivity contribution in [2.45, 2.75) is 18.7 Å². The number of thiazole rings is 1. The molecule has 0 bridgehead atoms. The zero-order valence-corrected chi connectivity index (χ0v) is 11.8. The van der Waals surface area contributed by atoms with Gasteiger partial charge in [-0.3, -0.25) is 14.0 Å². The number of carbonyl (C=O) groups is 1. The van der Waals surface area contributed by atoms with E-state index in [1.165, 1.54) is 29.2 Å². The molecule has 0 unspecified atom stereocenters. The fourth-order valence-electron chi connectivity index (χ4n) is 1.54. The number of aryl methyl sites for hydroxylation is 1. The van der Waals surface area contributed by atoms with E-state index in [1.807, 2.05) is 12.3 Å². The summed E-state index contributed by atoms with van der Waals surface area (Å²) in [6.45, 7) is 1.85. The van der Waals surface area contributed by atoms with Crippen molar-refractivity contribution in [3.63, 3.8) is 0 Å². The molecule has 0 aliphatic heterocycles. The number of hydrogen-bond donors (Lipinski definition) is 2. The van der Waals surface area contributed by atoms with Gasteiger partial charge in [-0.2, -0.15) is 11.8 Å². The Bertz CT molecular complexity index is 665. The van der Waals surface area contributed by atoms with Gasteiger partial charge in [-0.1, -0.05) is 0 Å². The normalized spacial score (nSPS) is 12.7. The van der Waals surface area contributed by atoms with Gasteiger partial charge in [0.15, 0.2) is 4.96 Å². The lowest BCUT2D eigenvalue weighted by Gasteiger charge is -2.05. The Morgan fingerprint density at radius 3 is 3.11 bits per heavy atom. The highest BCUT2D eigenvalue weighted by Crippen LogP contribution is 2.15. The van der Waals surface area contributed by atoms with Crippen LogP contribution in [0.5, 0.6) is 0 Å². The maximum absolute atomic E-state index is 11.9. The van der Waals surface area contributed by atoms with Crippen molar-refractivity contribution in [3.8, 4) is 0 Å². The summed E-state index contributed by atoms with van der Waals surface area (Å²) in [6.07, 6.45) is 0. The molecule has 0 radical (unpaired) electrons. The Hall–Kier alpha value is -1.38. The molecule has 0 amide bonds. The highest BCUT2D eigenvalue weighted by Gasteiger charge is 2.12. The van der Waals surface area contributed by atoms with Gasteiger partial charge in [0.25, 0.3) is 5.56 Å². The van der Waals surface area contributed by atoms with Gasteiger partial charge in [0, 0.05) is 28.6 Å². The second-order valence-corrected chi connectivity index (χ2v) is 5.91. The molecule has 102 valence electrons. The number of carboxylic acids is 1. The number of aromatic nitrogens is 2. The van der Waals surface area contributed by atoms with Crippen LogP contribution in [0.15, 0.2) is 16.2 Å². The van der Waals surface area contributed by atoms with Crippen molar-refractivity contribution in [3.05, 3.63) is 33.2 Å². The first-order chi connectivity index (χ1) is 8.99. The molecule has 0 spiro atoms. The molecule has 2 rings (SSSR count). The lowest BCUT2D eigenvalue weighted by molar-refractivity contribution is -0.137. The van der Waals surface area contributed by atoms with Gasteiger partial charge in [0.1, 0.15) is 6.04 Å². The third kappa shape index (κ3) is 3.14. The van der Waals surface area contributed by atoms with Crippen LogP contribution in [0.25, 0.3) is 4.96 Å². The number of nitrogens with two attached hydrogens (primary N) is 1. The lowest BCUT2D eigenvalue weighted by atomic mass is 10.4. The summed E-state index contributed by atoms with van der Waals surface area (Å²) in [4.78, 5) is 27.5. The standard InChI is InChI=1S/C11H13N3O3S2/c1-6-3-19-11-13-7(2-9(15)14(6)11)4-18-5-8(12)10(16)17/h2-3,8H,4-5,12H2,1H3,(H,16,17)/t8-/m1/s1. The molecule has 6 nitrogen and oxygen atoms in total. The molecule has 0 aliphatic carbocycles. The molecule has 8 heteroatoms. The summed E-state index contributed by atoms with van der Waals surface area (Å²) in [5, 5.41) is 10.5. The quantitative estimate of drug-likeness (QED) is 0.844. The second-order valence-electron chi connectivity index (χ2n) is 4.04. The predicted molar refractivity (Wildman–Crippen MR) is 75.8 cm³/mol. The van der Waals surface area contributed by atoms with Gasteiger partial charge in [0.2, 0.25) is 0 Å². The molecule has 19 heavy (non-hydrogen) atoms. The second kappa shape index (κ2) is 5.72. The number of hydrogen-bond acceptors (Lipinski definition) is 6. The van der Waals surface area contributed by atoms with Gasteiger partial charge in [0.05, 0.1) is 5.69 Å². The smallest absolute Gasteiger partial charge is 0.321 e. The highest BCUT2D eigenvalue weighted by atomic mass is 32.2. The molecule has 2 heterocycles.